The molecule has 0 aliphatic heterocycles. The lowest BCUT2D eigenvalue weighted by atomic mass is 10.3. The van der Waals surface area contributed by atoms with Crippen molar-refractivity contribution in [2.24, 2.45) is 7.05 Å². The molecule has 114 valence electrons. The number of benzene rings is 1. The Hall–Kier alpha value is -2.42. The van der Waals surface area contributed by atoms with Crippen LogP contribution in [0.1, 0.15) is 0 Å². The first-order valence-corrected chi connectivity index (χ1v) is 7.59. The Labute approximate surface area is 131 Å². The average Bonchev–Trinajstić information content (AvgIpc) is 3.07. The zero-order valence-corrected chi connectivity index (χ0v) is 13.3. The lowest BCUT2D eigenvalue weighted by Gasteiger charge is -2.10. The first-order chi connectivity index (χ1) is 10.6. The highest BCUT2D eigenvalue weighted by Gasteiger charge is 2.18. The number of carbonyl (C=O) groups is 1. The van der Waals surface area contributed by atoms with Crippen LogP contribution >= 0.6 is 11.8 Å². The molecule has 0 fully saturated rings. The van der Waals surface area contributed by atoms with E-state index in [0.717, 1.165) is 11.0 Å². The van der Waals surface area contributed by atoms with E-state index >= 15 is 0 Å². The number of nitrogens with zero attached hydrogens (tertiary/aromatic N) is 7. The third-order valence-electron chi connectivity index (χ3n) is 3.15. The summed E-state index contributed by atoms with van der Waals surface area (Å²) >= 11 is 1.37. The summed E-state index contributed by atoms with van der Waals surface area (Å²) in [4.78, 5) is 18.0. The molecule has 3 aromatic rings. The molecule has 0 aliphatic carbocycles. The van der Waals surface area contributed by atoms with Gasteiger partial charge in [0, 0.05) is 21.1 Å². The minimum absolute atomic E-state index is 0.0275. The Morgan fingerprint density at radius 3 is 2.77 bits per heavy atom. The summed E-state index contributed by atoms with van der Waals surface area (Å²) in [5, 5.41) is 12.3. The standard InChI is InChI=1S/C13H15N7OS/c1-18(2)11(21)8-22-13-14-9-6-4-5-7-10(9)20(13)12-15-16-17-19(12)3/h4-7H,8H2,1-3H3. The highest BCUT2D eigenvalue weighted by Crippen LogP contribution is 2.26. The molecule has 0 spiro atoms. The number of fused-ring (bicyclic) bond motifs is 1. The number of aromatic nitrogens is 6. The molecule has 0 saturated carbocycles. The van der Waals surface area contributed by atoms with E-state index in [1.54, 1.807) is 30.7 Å². The van der Waals surface area contributed by atoms with Crippen molar-refractivity contribution in [3.05, 3.63) is 24.3 Å². The van der Waals surface area contributed by atoms with Crippen LogP contribution in [0.5, 0.6) is 0 Å². The summed E-state index contributed by atoms with van der Waals surface area (Å²) in [6.07, 6.45) is 0. The Kier molecular flexibility index (Phi) is 3.80. The molecule has 0 radical (unpaired) electrons. The van der Waals surface area contributed by atoms with Gasteiger partial charge >= 0.3 is 0 Å². The van der Waals surface area contributed by atoms with Crippen molar-refractivity contribution in [1.29, 1.82) is 0 Å². The smallest absolute Gasteiger partial charge is 0.256 e. The Balaban J connectivity index is 2.06. The van der Waals surface area contributed by atoms with Crippen molar-refractivity contribution in [2.75, 3.05) is 19.8 Å². The quantitative estimate of drug-likeness (QED) is 0.660. The zero-order chi connectivity index (χ0) is 15.7. The number of thioether (sulfide) groups is 1. The Morgan fingerprint density at radius 2 is 2.09 bits per heavy atom. The van der Waals surface area contributed by atoms with Crippen LogP contribution in [0.25, 0.3) is 17.0 Å². The van der Waals surface area contributed by atoms with Gasteiger partial charge in [-0.1, -0.05) is 29.0 Å². The van der Waals surface area contributed by atoms with Crippen LogP contribution in [-0.4, -0.2) is 60.4 Å². The third kappa shape index (κ3) is 2.54. The Morgan fingerprint density at radius 1 is 1.32 bits per heavy atom. The van der Waals surface area contributed by atoms with Crippen LogP contribution in [0.2, 0.25) is 0 Å². The van der Waals surface area contributed by atoms with Gasteiger partial charge < -0.3 is 4.90 Å². The van der Waals surface area contributed by atoms with Crippen LogP contribution in [0.3, 0.4) is 0 Å². The summed E-state index contributed by atoms with van der Waals surface area (Å²) < 4.78 is 3.44. The van der Waals surface area contributed by atoms with Crippen molar-refractivity contribution in [3.63, 3.8) is 0 Å². The lowest BCUT2D eigenvalue weighted by Crippen LogP contribution is -2.23. The number of para-hydroxylation sites is 2. The first-order valence-electron chi connectivity index (χ1n) is 6.61. The molecule has 0 bridgehead atoms. The molecule has 1 amide bonds. The minimum Gasteiger partial charge on any atom is -0.348 e. The number of aryl methyl sites for hydroxylation is 1. The van der Waals surface area contributed by atoms with Crippen molar-refractivity contribution in [2.45, 2.75) is 5.16 Å². The summed E-state index contributed by atoms with van der Waals surface area (Å²) in [6.45, 7) is 0. The van der Waals surface area contributed by atoms with Gasteiger partial charge in [-0.3, -0.25) is 9.36 Å². The van der Waals surface area contributed by atoms with Gasteiger partial charge in [0.05, 0.1) is 16.8 Å². The van der Waals surface area contributed by atoms with Gasteiger partial charge in [0.2, 0.25) is 5.91 Å². The second-order valence-electron chi connectivity index (χ2n) is 4.90. The maximum Gasteiger partial charge on any atom is 0.256 e. The number of rotatable bonds is 4. The average molecular weight is 317 g/mol. The predicted molar refractivity (Wildman–Crippen MR) is 82.8 cm³/mol. The second-order valence-corrected chi connectivity index (χ2v) is 5.84. The van der Waals surface area contributed by atoms with Crippen molar-refractivity contribution in [3.8, 4) is 5.95 Å². The van der Waals surface area contributed by atoms with Gasteiger partial charge in [-0.25, -0.2) is 9.67 Å². The SMILES string of the molecule is CN(C)C(=O)CSc1nc2ccccc2n1-c1nnnn1C. The molecule has 0 saturated heterocycles. The number of carbonyl (C=O) groups excluding carboxylic acids is 1. The van der Waals surface area contributed by atoms with Crippen LogP contribution < -0.4 is 0 Å². The van der Waals surface area contributed by atoms with Gasteiger partial charge in [-0.2, -0.15) is 0 Å². The fourth-order valence-corrected chi connectivity index (χ4v) is 2.95. The number of hydrogen-bond donors (Lipinski definition) is 0. The molecule has 2 aromatic heterocycles. The van der Waals surface area contributed by atoms with Gasteiger partial charge in [-0.15, -0.1) is 0 Å². The monoisotopic (exact) mass is 317 g/mol. The van der Waals surface area contributed by atoms with E-state index in [2.05, 4.69) is 20.5 Å². The number of hydrogen-bond acceptors (Lipinski definition) is 6. The van der Waals surface area contributed by atoms with E-state index in [1.807, 2.05) is 28.8 Å². The van der Waals surface area contributed by atoms with Gasteiger partial charge in [0.1, 0.15) is 0 Å². The number of tetrazole rings is 1. The van der Waals surface area contributed by atoms with Gasteiger partial charge in [-0.05, 0) is 22.6 Å². The highest BCUT2D eigenvalue weighted by atomic mass is 32.2. The van der Waals surface area contributed by atoms with E-state index in [1.165, 1.54) is 11.8 Å². The predicted octanol–water partition coefficient (Wildman–Crippen LogP) is 0.729. The maximum absolute atomic E-state index is 11.8. The molecule has 3 rings (SSSR count). The van der Waals surface area contributed by atoms with E-state index in [9.17, 15) is 4.79 Å². The highest BCUT2D eigenvalue weighted by molar-refractivity contribution is 7.99. The molecule has 9 heteroatoms. The van der Waals surface area contributed by atoms with Crippen molar-refractivity contribution < 1.29 is 4.79 Å². The summed E-state index contributed by atoms with van der Waals surface area (Å²) in [5.41, 5.74) is 1.74. The lowest BCUT2D eigenvalue weighted by molar-refractivity contribution is -0.125. The zero-order valence-electron chi connectivity index (χ0n) is 12.5. The van der Waals surface area contributed by atoms with Crippen LogP contribution in [0.15, 0.2) is 29.4 Å². The summed E-state index contributed by atoms with van der Waals surface area (Å²) in [5.74, 6) is 0.898. The number of amides is 1. The van der Waals surface area contributed by atoms with Gasteiger partial charge in [0.25, 0.3) is 5.95 Å². The third-order valence-corrected chi connectivity index (χ3v) is 4.07. The maximum atomic E-state index is 11.8. The molecule has 22 heavy (non-hydrogen) atoms. The van der Waals surface area contributed by atoms with Crippen LogP contribution in [0.4, 0.5) is 0 Å². The fraction of sp³-hybridized carbons (Fsp3) is 0.308. The molecule has 1 aromatic carbocycles. The summed E-state index contributed by atoms with van der Waals surface area (Å²) in [7, 11) is 5.24. The van der Waals surface area contributed by atoms with Crippen LogP contribution in [-0.2, 0) is 11.8 Å². The summed E-state index contributed by atoms with van der Waals surface area (Å²) in [6, 6.07) is 7.74. The second kappa shape index (κ2) is 5.76. The molecule has 0 N–H and O–H groups in total. The topological polar surface area (TPSA) is 81.7 Å². The molecule has 2 heterocycles. The van der Waals surface area contributed by atoms with E-state index in [0.29, 0.717) is 16.9 Å². The fourth-order valence-electron chi connectivity index (χ4n) is 1.96. The first kappa shape index (κ1) is 14.5. The molecule has 8 nitrogen and oxygen atoms in total. The Bertz CT molecular complexity index is 823. The van der Waals surface area contributed by atoms with Crippen LogP contribution in [0, 0.1) is 0 Å². The van der Waals surface area contributed by atoms with Gasteiger partial charge in [0.15, 0.2) is 5.16 Å². The molecular weight excluding hydrogens is 302 g/mol. The van der Waals surface area contributed by atoms with Crippen molar-refractivity contribution >= 4 is 28.7 Å². The minimum atomic E-state index is 0.0275. The molecule has 0 aliphatic rings. The molecule has 0 unspecified atom stereocenters. The number of imidazole rings is 1. The van der Waals surface area contributed by atoms with E-state index in [4.69, 9.17) is 0 Å². The van der Waals surface area contributed by atoms with Crippen molar-refractivity contribution in [1.82, 2.24) is 34.7 Å². The van der Waals surface area contributed by atoms with E-state index < -0.39 is 0 Å². The molecular formula is C13H15N7OS. The normalized spacial score (nSPS) is 11.0. The largest absolute Gasteiger partial charge is 0.348 e. The molecule has 0 atom stereocenters. The van der Waals surface area contributed by atoms with E-state index in [-0.39, 0.29) is 5.91 Å².